The number of ether oxygens (including phenoxy) is 1. The largest absolute Gasteiger partial charge is 0.573 e. The molecule has 0 bridgehead atoms. The van der Waals surface area contributed by atoms with Gasteiger partial charge in [0.15, 0.2) is 5.69 Å². The predicted molar refractivity (Wildman–Crippen MR) is 83.6 cm³/mol. The average molecular weight is 368 g/mol. The normalized spacial score (nSPS) is 11.7. The van der Waals surface area contributed by atoms with Gasteiger partial charge in [0.1, 0.15) is 11.6 Å². The number of halogens is 4. The van der Waals surface area contributed by atoms with Crippen LogP contribution in [0.3, 0.4) is 0 Å². The zero-order chi connectivity index (χ0) is 19.1. The van der Waals surface area contributed by atoms with E-state index in [1.54, 1.807) is 13.0 Å². The van der Waals surface area contributed by atoms with Gasteiger partial charge in [0.05, 0.1) is 12.1 Å². The summed E-state index contributed by atoms with van der Waals surface area (Å²) in [6.07, 6.45) is -4.89. The number of benzene rings is 2. The fourth-order valence-electron chi connectivity index (χ4n) is 2.57. The quantitative estimate of drug-likeness (QED) is 0.704. The Morgan fingerprint density at radius 2 is 1.96 bits per heavy atom. The van der Waals surface area contributed by atoms with Crippen molar-refractivity contribution in [3.63, 3.8) is 0 Å². The minimum Gasteiger partial charge on any atom is -0.476 e. The number of carboxylic acids is 1. The standard InChI is InChI=1S/C17H12F4N2O3/c1-9-2-3-10(13(18)6-9)8-23-14-7-11(26-17(19,20)21)4-5-12(14)15(22-23)16(24)25/h2-7H,8H2,1H3,(H,24,25). The highest BCUT2D eigenvalue weighted by Crippen LogP contribution is 2.29. The van der Waals surface area contributed by atoms with Crippen LogP contribution in [0.5, 0.6) is 5.75 Å². The van der Waals surface area contributed by atoms with Crippen LogP contribution in [0.25, 0.3) is 10.9 Å². The summed E-state index contributed by atoms with van der Waals surface area (Å²) < 4.78 is 56.3. The zero-order valence-corrected chi connectivity index (χ0v) is 13.3. The molecule has 9 heteroatoms. The third-order valence-electron chi connectivity index (χ3n) is 3.69. The van der Waals surface area contributed by atoms with E-state index in [1.807, 2.05) is 0 Å². The van der Waals surface area contributed by atoms with Crippen molar-refractivity contribution in [2.24, 2.45) is 0 Å². The number of nitrogens with zero attached hydrogens (tertiary/aromatic N) is 2. The molecule has 0 unspecified atom stereocenters. The van der Waals surface area contributed by atoms with E-state index in [4.69, 9.17) is 0 Å². The van der Waals surface area contributed by atoms with E-state index in [9.17, 15) is 27.5 Å². The van der Waals surface area contributed by atoms with Gasteiger partial charge in [0, 0.05) is 17.0 Å². The van der Waals surface area contributed by atoms with Gasteiger partial charge in [-0.15, -0.1) is 13.2 Å². The van der Waals surface area contributed by atoms with Crippen LogP contribution in [0.1, 0.15) is 21.6 Å². The second-order valence-electron chi connectivity index (χ2n) is 5.63. The van der Waals surface area contributed by atoms with Crippen molar-refractivity contribution in [3.05, 3.63) is 59.0 Å². The van der Waals surface area contributed by atoms with Crippen LogP contribution < -0.4 is 4.74 Å². The molecule has 2 aromatic carbocycles. The number of carboxylic acid groups (broad SMARTS) is 1. The molecule has 1 N–H and O–H groups in total. The van der Waals surface area contributed by atoms with Gasteiger partial charge in [-0.3, -0.25) is 4.68 Å². The Kier molecular flexibility index (Phi) is 4.31. The Morgan fingerprint density at radius 3 is 2.58 bits per heavy atom. The Balaban J connectivity index is 2.10. The van der Waals surface area contributed by atoms with Crippen molar-refractivity contribution in [1.82, 2.24) is 9.78 Å². The van der Waals surface area contributed by atoms with Crippen molar-refractivity contribution in [3.8, 4) is 5.75 Å². The summed E-state index contributed by atoms with van der Waals surface area (Å²) in [6, 6.07) is 7.68. The molecule has 0 aliphatic heterocycles. The molecule has 1 heterocycles. The molecule has 0 radical (unpaired) electrons. The molecule has 0 aliphatic rings. The van der Waals surface area contributed by atoms with Gasteiger partial charge >= 0.3 is 12.3 Å². The summed E-state index contributed by atoms with van der Waals surface area (Å²) in [4.78, 5) is 11.3. The number of carbonyl (C=O) groups is 1. The molecule has 0 saturated carbocycles. The van der Waals surface area contributed by atoms with Crippen LogP contribution >= 0.6 is 0 Å². The zero-order valence-electron chi connectivity index (χ0n) is 13.3. The van der Waals surface area contributed by atoms with E-state index in [-0.39, 0.29) is 28.7 Å². The van der Waals surface area contributed by atoms with Crippen LogP contribution in [0.15, 0.2) is 36.4 Å². The molecule has 0 saturated heterocycles. The smallest absolute Gasteiger partial charge is 0.476 e. The Hall–Kier alpha value is -3.10. The number of aryl methyl sites for hydroxylation is 1. The molecule has 26 heavy (non-hydrogen) atoms. The van der Waals surface area contributed by atoms with Gasteiger partial charge in [-0.05, 0) is 30.7 Å². The van der Waals surface area contributed by atoms with Gasteiger partial charge in [0.2, 0.25) is 0 Å². The van der Waals surface area contributed by atoms with Crippen molar-refractivity contribution < 1.29 is 32.2 Å². The lowest BCUT2D eigenvalue weighted by molar-refractivity contribution is -0.274. The van der Waals surface area contributed by atoms with Gasteiger partial charge < -0.3 is 9.84 Å². The number of fused-ring (bicyclic) bond motifs is 1. The highest BCUT2D eigenvalue weighted by Gasteiger charge is 2.31. The van der Waals surface area contributed by atoms with Gasteiger partial charge in [-0.1, -0.05) is 12.1 Å². The summed E-state index contributed by atoms with van der Waals surface area (Å²) >= 11 is 0. The lowest BCUT2D eigenvalue weighted by Gasteiger charge is -2.10. The fraction of sp³-hybridized carbons (Fsp3) is 0.176. The first-order chi connectivity index (χ1) is 12.1. The maximum Gasteiger partial charge on any atom is 0.573 e. The molecular formula is C17H12F4N2O3. The Morgan fingerprint density at radius 1 is 1.23 bits per heavy atom. The highest BCUT2D eigenvalue weighted by atomic mass is 19.4. The molecule has 0 fully saturated rings. The first-order valence-corrected chi connectivity index (χ1v) is 7.38. The summed E-state index contributed by atoms with van der Waals surface area (Å²) in [6.45, 7) is 1.56. The third kappa shape index (κ3) is 3.61. The first-order valence-electron chi connectivity index (χ1n) is 7.38. The molecule has 1 aromatic heterocycles. The number of hydrogen-bond donors (Lipinski definition) is 1. The second-order valence-corrected chi connectivity index (χ2v) is 5.63. The maximum absolute atomic E-state index is 14.1. The van der Waals surface area contributed by atoms with E-state index in [2.05, 4.69) is 9.84 Å². The van der Waals surface area contributed by atoms with E-state index in [0.717, 1.165) is 16.8 Å². The lowest BCUT2D eigenvalue weighted by atomic mass is 10.1. The molecule has 0 spiro atoms. The maximum atomic E-state index is 14.1. The SMILES string of the molecule is Cc1ccc(Cn2nc(C(=O)O)c3ccc(OC(F)(F)F)cc32)c(F)c1. The summed E-state index contributed by atoms with van der Waals surface area (Å²) in [5, 5.41) is 13.3. The predicted octanol–water partition coefficient (Wildman–Crippen LogP) is 4.13. The first kappa shape index (κ1) is 17.7. The molecule has 3 aromatic rings. The summed E-state index contributed by atoms with van der Waals surface area (Å²) in [5.74, 6) is -2.39. The minimum atomic E-state index is -4.89. The van der Waals surface area contributed by atoms with Gasteiger partial charge in [0.25, 0.3) is 0 Å². The minimum absolute atomic E-state index is 0.0872. The molecular weight excluding hydrogens is 356 g/mol. The second kappa shape index (κ2) is 6.32. The number of rotatable bonds is 4. The van der Waals surface area contributed by atoms with Crippen molar-refractivity contribution in [1.29, 1.82) is 0 Å². The monoisotopic (exact) mass is 368 g/mol. The number of aromatic carboxylic acids is 1. The van der Waals surface area contributed by atoms with Crippen molar-refractivity contribution in [2.75, 3.05) is 0 Å². The third-order valence-corrected chi connectivity index (χ3v) is 3.69. The van der Waals surface area contributed by atoms with E-state index < -0.39 is 23.9 Å². The average Bonchev–Trinajstić information content (AvgIpc) is 2.87. The van der Waals surface area contributed by atoms with E-state index in [0.29, 0.717) is 5.56 Å². The van der Waals surface area contributed by atoms with Crippen molar-refractivity contribution >= 4 is 16.9 Å². The molecule has 0 amide bonds. The summed E-state index contributed by atoms with van der Waals surface area (Å²) in [5.41, 5.74) is 0.665. The van der Waals surface area contributed by atoms with E-state index >= 15 is 0 Å². The molecule has 136 valence electrons. The highest BCUT2D eigenvalue weighted by molar-refractivity contribution is 6.01. The number of aromatic nitrogens is 2. The molecule has 5 nitrogen and oxygen atoms in total. The lowest BCUT2D eigenvalue weighted by Crippen LogP contribution is -2.17. The summed E-state index contributed by atoms with van der Waals surface area (Å²) in [7, 11) is 0. The van der Waals surface area contributed by atoms with Crippen molar-refractivity contribution in [2.45, 2.75) is 19.8 Å². The topological polar surface area (TPSA) is 64.4 Å². The van der Waals surface area contributed by atoms with Crippen LogP contribution in [-0.2, 0) is 6.54 Å². The number of alkyl halides is 3. The van der Waals surface area contributed by atoms with Crippen LogP contribution in [0.2, 0.25) is 0 Å². The fourth-order valence-corrected chi connectivity index (χ4v) is 2.57. The van der Waals surface area contributed by atoms with E-state index in [1.165, 1.54) is 18.2 Å². The van der Waals surface area contributed by atoms with Crippen LogP contribution in [-0.4, -0.2) is 27.2 Å². The van der Waals surface area contributed by atoms with Gasteiger partial charge in [-0.2, -0.15) is 5.10 Å². The van der Waals surface area contributed by atoms with Crippen LogP contribution in [0.4, 0.5) is 17.6 Å². The molecule has 0 atom stereocenters. The Labute approximate surface area is 144 Å². The number of hydrogen-bond acceptors (Lipinski definition) is 3. The molecule has 0 aliphatic carbocycles. The van der Waals surface area contributed by atoms with Crippen LogP contribution in [0, 0.1) is 12.7 Å². The van der Waals surface area contributed by atoms with Gasteiger partial charge in [-0.25, -0.2) is 9.18 Å². The molecule has 3 rings (SSSR count). The Bertz CT molecular complexity index is 996.